The molecule has 41 heavy (non-hydrogen) atoms. The maximum Gasteiger partial charge on any atom is 0.329 e. The van der Waals surface area contributed by atoms with E-state index in [1.54, 1.807) is 6.92 Å². The van der Waals surface area contributed by atoms with Crippen molar-refractivity contribution < 1.29 is 42.8 Å². The zero-order chi connectivity index (χ0) is 29.2. The molecule has 222 valence electrons. The summed E-state index contributed by atoms with van der Waals surface area (Å²) < 4.78 is 34.4. The maximum atomic E-state index is 13.3. The van der Waals surface area contributed by atoms with Gasteiger partial charge in [0.25, 0.3) is 5.91 Å². The van der Waals surface area contributed by atoms with Crippen molar-refractivity contribution in [3.63, 3.8) is 0 Å². The zero-order valence-electron chi connectivity index (χ0n) is 23.7. The van der Waals surface area contributed by atoms with E-state index >= 15 is 0 Å². The average molecular weight is 571 g/mol. The molecule has 2 aromatic rings. The number of methoxy groups -OCH3 is 1. The molecule has 1 saturated carbocycles. The molecule has 0 unspecified atom stereocenters. The number of amides is 1. The van der Waals surface area contributed by atoms with Crippen LogP contribution in [0.25, 0.3) is 0 Å². The summed E-state index contributed by atoms with van der Waals surface area (Å²) in [5, 5.41) is 2.74. The molecule has 4 atom stereocenters. The highest BCUT2D eigenvalue weighted by atomic mass is 16.7. The molecule has 0 spiro atoms. The van der Waals surface area contributed by atoms with Crippen LogP contribution in [0, 0.1) is 0 Å². The topological polar surface area (TPSA) is 132 Å². The molecule has 11 nitrogen and oxygen atoms in total. The highest BCUT2D eigenvalue weighted by Gasteiger charge is 2.38. The third-order valence-electron chi connectivity index (χ3n) is 7.16. The molecule has 2 aliphatic rings. The molecule has 11 heteroatoms. The van der Waals surface area contributed by atoms with E-state index in [0.29, 0.717) is 25.0 Å². The van der Waals surface area contributed by atoms with Crippen LogP contribution in [0.4, 0.5) is 0 Å². The molecule has 0 radical (unpaired) electrons. The van der Waals surface area contributed by atoms with Gasteiger partial charge in [0.05, 0.1) is 19.3 Å². The first-order chi connectivity index (χ1) is 19.9. The predicted octanol–water partition coefficient (Wildman–Crippen LogP) is 3.98. The van der Waals surface area contributed by atoms with Gasteiger partial charge in [-0.1, -0.05) is 31.0 Å². The van der Waals surface area contributed by atoms with Crippen molar-refractivity contribution in [1.29, 1.82) is 0 Å². The van der Waals surface area contributed by atoms with Gasteiger partial charge in [-0.2, -0.15) is 0 Å². The smallest absolute Gasteiger partial charge is 0.329 e. The number of para-hydroxylation sites is 1. The lowest BCUT2D eigenvalue weighted by atomic mass is 10.0. The van der Waals surface area contributed by atoms with Crippen LogP contribution in [-0.4, -0.2) is 67.2 Å². The van der Waals surface area contributed by atoms with Crippen LogP contribution in [0.2, 0.25) is 0 Å². The van der Waals surface area contributed by atoms with Crippen LogP contribution in [0.15, 0.2) is 42.6 Å². The number of pyridine rings is 1. The van der Waals surface area contributed by atoms with Gasteiger partial charge in [-0.3, -0.25) is 9.59 Å². The SMILES string of the molecule is COc1ccnc(C(=O)N[C@H]2CCC[C@H](OC3CCCC3)[C@@H](Oc3ccccc3)[C@H](C)OC2=O)c1OCOC(C)=O. The lowest BCUT2D eigenvalue weighted by Crippen LogP contribution is -2.47. The van der Waals surface area contributed by atoms with E-state index in [1.807, 2.05) is 30.3 Å². The summed E-state index contributed by atoms with van der Waals surface area (Å²) in [4.78, 5) is 42.0. The Morgan fingerprint density at radius 1 is 1.05 bits per heavy atom. The maximum absolute atomic E-state index is 13.3. The van der Waals surface area contributed by atoms with Crippen molar-refractivity contribution in [3.05, 3.63) is 48.3 Å². The van der Waals surface area contributed by atoms with Crippen LogP contribution in [0.3, 0.4) is 0 Å². The summed E-state index contributed by atoms with van der Waals surface area (Å²) in [7, 11) is 1.41. The molecule has 1 aromatic carbocycles. The van der Waals surface area contributed by atoms with Crippen LogP contribution >= 0.6 is 0 Å². The molecule has 1 aromatic heterocycles. The number of nitrogens with zero attached hydrogens (tertiary/aromatic N) is 1. The molecule has 2 fully saturated rings. The second-order valence-electron chi connectivity index (χ2n) is 10.2. The van der Waals surface area contributed by atoms with Crippen LogP contribution in [0.5, 0.6) is 17.2 Å². The van der Waals surface area contributed by atoms with E-state index < -0.39 is 42.9 Å². The Morgan fingerprint density at radius 2 is 1.80 bits per heavy atom. The minimum atomic E-state index is -0.943. The predicted molar refractivity (Wildman–Crippen MR) is 147 cm³/mol. The lowest BCUT2D eigenvalue weighted by Gasteiger charge is -2.33. The molecule has 2 heterocycles. The Kier molecular flexibility index (Phi) is 10.8. The number of ether oxygens (including phenoxy) is 6. The summed E-state index contributed by atoms with van der Waals surface area (Å²) >= 11 is 0. The quantitative estimate of drug-likeness (QED) is 0.330. The van der Waals surface area contributed by atoms with Crippen LogP contribution in [0.1, 0.15) is 69.3 Å². The third kappa shape index (κ3) is 8.32. The first-order valence-corrected chi connectivity index (χ1v) is 14.0. The number of benzene rings is 1. The van der Waals surface area contributed by atoms with Crippen molar-refractivity contribution in [1.82, 2.24) is 10.3 Å². The number of cyclic esters (lactones) is 1. The van der Waals surface area contributed by atoms with E-state index in [2.05, 4.69) is 10.3 Å². The molecule has 4 rings (SSSR count). The first-order valence-electron chi connectivity index (χ1n) is 14.0. The van der Waals surface area contributed by atoms with Crippen molar-refractivity contribution in [2.45, 2.75) is 89.3 Å². The number of hydrogen-bond donors (Lipinski definition) is 1. The fourth-order valence-corrected chi connectivity index (χ4v) is 5.11. The molecule has 1 aliphatic carbocycles. The Bertz CT molecular complexity index is 1170. The number of carbonyl (C=O) groups is 3. The summed E-state index contributed by atoms with van der Waals surface area (Å²) in [5.41, 5.74) is -0.120. The van der Waals surface area contributed by atoms with Gasteiger partial charge in [0.2, 0.25) is 6.79 Å². The number of carbonyl (C=O) groups excluding carboxylic acids is 3. The highest BCUT2D eigenvalue weighted by Crippen LogP contribution is 2.31. The Labute approximate surface area is 239 Å². The van der Waals surface area contributed by atoms with Gasteiger partial charge in [-0.15, -0.1) is 0 Å². The van der Waals surface area contributed by atoms with Gasteiger partial charge in [-0.05, 0) is 51.2 Å². The van der Waals surface area contributed by atoms with E-state index in [4.69, 9.17) is 28.4 Å². The summed E-state index contributed by atoms with van der Waals surface area (Å²) in [5.74, 6) is -0.928. The molecule has 1 saturated heterocycles. The second kappa shape index (κ2) is 14.7. The third-order valence-corrected chi connectivity index (χ3v) is 7.16. The van der Waals surface area contributed by atoms with Gasteiger partial charge >= 0.3 is 11.9 Å². The molecule has 1 aliphatic heterocycles. The van der Waals surface area contributed by atoms with Crippen molar-refractivity contribution >= 4 is 17.8 Å². The van der Waals surface area contributed by atoms with E-state index in [1.165, 1.54) is 26.3 Å². The number of esters is 2. The number of nitrogens with one attached hydrogen (secondary N) is 1. The molecule has 1 amide bonds. The largest absolute Gasteiger partial charge is 0.493 e. The van der Waals surface area contributed by atoms with Gasteiger partial charge in [-0.25, -0.2) is 9.78 Å². The van der Waals surface area contributed by atoms with Gasteiger partial charge in [0, 0.05) is 19.2 Å². The summed E-state index contributed by atoms with van der Waals surface area (Å²) in [6, 6.07) is 9.96. The highest BCUT2D eigenvalue weighted by molar-refractivity contribution is 5.98. The molecular weight excluding hydrogens is 532 g/mol. The van der Waals surface area contributed by atoms with Crippen LogP contribution in [-0.2, 0) is 23.8 Å². The minimum absolute atomic E-state index is 0.0140. The normalized spacial score (nSPS) is 23.3. The van der Waals surface area contributed by atoms with E-state index in [-0.39, 0.29) is 29.4 Å². The fourth-order valence-electron chi connectivity index (χ4n) is 5.11. The number of hydrogen-bond acceptors (Lipinski definition) is 10. The standard InChI is InChI=1S/C30H38N2O9/c1-19-27(41-22-10-5-4-6-11-22)25(40-21-12-7-8-13-21)15-9-14-23(30(35)39-19)32-29(34)26-28(38-18-37-20(2)33)24(36-3)16-17-31-26/h4-6,10-11,16-17,19,21,23,25,27H,7-9,12-15,18H2,1-3H3,(H,32,34)/t19-,23-,25-,27-/m0/s1. The minimum Gasteiger partial charge on any atom is -0.493 e. The van der Waals surface area contributed by atoms with Crippen molar-refractivity contribution in [3.8, 4) is 17.2 Å². The summed E-state index contributed by atoms with van der Waals surface area (Å²) in [6.07, 6.45) is 5.84. The molecule has 1 N–H and O–H groups in total. The zero-order valence-corrected chi connectivity index (χ0v) is 23.7. The monoisotopic (exact) mass is 570 g/mol. The van der Waals surface area contributed by atoms with Gasteiger partial charge in [0.15, 0.2) is 23.3 Å². The lowest BCUT2D eigenvalue weighted by molar-refractivity contribution is -0.161. The number of aromatic nitrogens is 1. The van der Waals surface area contributed by atoms with Crippen LogP contribution < -0.4 is 19.5 Å². The van der Waals surface area contributed by atoms with E-state index in [0.717, 1.165) is 25.7 Å². The Balaban J connectivity index is 1.51. The average Bonchev–Trinajstić information content (AvgIpc) is 3.49. The van der Waals surface area contributed by atoms with Gasteiger partial charge < -0.3 is 33.7 Å². The van der Waals surface area contributed by atoms with E-state index in [9.17, 15) is 14.4 Å². The Morgan fingerprint density at radius 3 is 2.51 bits per heavy atom. The Hall–Kier alpha value is -3.86. The first kappa shape index (κ1) is 30.1. The number of rotatable bonds is 10. The molecule has 0 bridgehead atoms. The second-order valence-corrected chi connectivity index (χ2v) is 10.2. The van der Waals surface area contributed by atoms with Crippen molar-refractivity contribution in [2.75, 3.05) is 13.9 Å². The fraction of sp³-hybridized carbons (Fsp3) is 0.533. The van der Waals surface area contributed by atoms with Gasteiger partial charge in [0.1, 0.15) is 17.9 Å². The molecular formula is C30H38N2O9. The summed E-state index contributed by atoms with van der Waals surface area (Å²) in [6.45, 7) is 2.58. The van der Waals surface area contributed by atoms with Crippen molar-refractivity contribution in [2.24, 2.45) is 0 Å².